The molecule has 0 heterocycles. The Morgan fingerprint density at radius 3 is 2.50 bits per heavy atom. The minimum Gasteiger partial charge on any atom is -0.394 e. The molecule has 0 aliphatic carbocycles. The summed E-state index contributed by atoms with van der Waals surface area (Å²) in [5.41, 5.74) is -0.164. The van der Waals surface area contributed by atoms with Crippen molar-refractivity contribution >= 4 is 27.7 Å². The first-order valence-electron chi connectivity index (χ1n) is 5.28. The second-order valence-corrected chi connectivity index (χ2v) is 6.11. The van der Waals surface area contributed by atoms with Crippen LogP contribution >= 0.6 is 27.7 Å². The van der Waals surface area contributed by atoms with Gasteiger partial charge in [0, 0.05) is 14.9 Å². The summed E-state index contributed by atoms with van der Waals surface area (Å²) in [7, 11) is 1.89. The predicted molar refractivity (Wildman–Crippen MR) is 74.0 cm³/mol. The molecule has 0 aliphatic heterocycles. The van der Waals surface area contributed by atoms with Crippen LogP contribution in [0.5, 0.6) is 0 Å². The number of benzene rings is 1. The Kier molecular flexibility index (Phi) is 5.83. The number of hydrogen-bond donors (Lipinski definition) is 2. The van der Waals surface area contributed by atoms with E-state index >= 15 is 0 Å². The van der Waals surface area contributed by atoms with Crippen molar-refractivity contribution in [1.82, 2.24) is 5.32 Å². The maximum Gasteiger partial charge on any atom is 0.0610 e. The summed E-state index contributed by atoms with van der Waals surface area (Å²) in [5, 5.41) is 12.4. The molecule has 2 N–H and O–H groups in total. The maximum absolute atomic E-state index is 9.24. The van der Waals surface area contributed by atoms with E-state index < -0.39 is 0 Å². The number of rotatable bonds is 6. The highest BCUT2D eigenvalue weighted by Gasteiger charge is 2.19. The summed E-state index contributed by atoms with van der Waals surface area (Å²) < 4.78 is 1.10. The van der Waals surface area contributed by atoms with Crippen molar-refractivity contribution in [2.24, 2.45) is 0 Å². The van der Waals surface area contributed by atoms with Crippen molar-refractivity contribution < 1.29 is 5.11 Å². The number of halogens is 1. The highest BCUT2D eigenvalue weighted by Crippen LogP contribution is 2.23. The fourth-order valence-corrected chi connectivity index (χ4v) is 2.59. The third-order valence-electron chi connectivity index (χ3n) is 2.69. The second kappa shape index (κ2) is 6.64. The van der Waals surface area contributed by atoms with Crippen LogP contribution in [0.2, 0.25) is 0 Å². The van der Waals surface area contributed by atoms with Gasteiger partial charge in [-0.1, -0.05) is 15.9 Å². The van der Waals surface area contributed by atoms with Gasteiger partial charge in [0.1, 0.15) is 0 Å². The van der Waals surface area contributed by atoms with Gasteiger partial charge in [0.05, 0.1) is 6.61 Å². The largest absolute Gasteiger partial charge is 0.394 e. The highest BCUT2D eigenvalue weighted by molar-refractivity contribution is 9.10. The molecule has 16 heavy (non-hydrogen) atoms. The predicted octanol–water partition coefficient (Wildman–Crippen LogP) is 2.90. The SMILES string of the molecule is CNC(C)(CO)CCSc1ccc(Br)cc1. The van der Waals surface area contributed by atoms with Crippen molar-refractivity contribution in [3.05, 3.63) is 28.7 Å². The molecule has 1 atom stereocenters. The van der Waals surface area contributed by atoms with Crippen molar-refractivity contribution in [2.45, 2.75) is 23.8 Å². The highest BCUT2D eigenvalue weighted by atomic mass is 79.9. The molecule has 0 spiro atoms. The number of nitrogens with one attached hydrogen (secondary N) is 1. The first kappa shape index (κ1) is 14.0. The summed E-state index contributed by atoms with van der Waals surface area (Å²) >= 11 is 5.23. The van der Waals surface area contributed by atoms with Crippen LogP contribution in [0.25, 0.3) is 0 Å². The maximum atomic E-state index is 9.24. The van der Waals surface area contributed by atoms with Crippen molar-refractivity contribution in [3.63, 3.8) is 0 Å². The average molecular weight is 304 g/mol. The van der Waals surface area contributed by atoms with Crippen LogP contribution in [0.4, 0.5) is 0 Å². The Morgan fingerprint density at radius 1 is 1.38 bits per heavy atom. The molecule has 4 heteroatoms. The normalized spacial score (nSPS) is 14.8. The van der Waals surface area contributed by atoms with E-state index in [1.54, 1.807) is 0 Å². The van der Waals surface area contributed by atoms with Gasteiger partial charge < -0.3 is 10.4 Å². The summed E-state index contributed by atoms with van der Waals surface area (Å²) in [5.74, 6) is 1.000. The monoisotopic (exact) mass is 303 g/mol. The van der Waals surface area contributed by atoms with E-state index in [4.69, 9.17) is 0 Å². The molecule has 90 valence electrons. The molecule has 1 rings (SSSR count). The molecule has 0 amide bonds. The van der Waals surface area contributed by atoms with E-state index in [-0.39, 0.29) is 12.1 Å². The van der Waals surface area contributed by atoms with Gasteiger partial charge in [-0.15, -0.1) is 11.8 Å². The summed E-state index contributed by atoms with van der Waals surface area (Å²) in [4.78, 5) is 1.26. The van der Waals surface area contributed by atoms with Gasteiger partial charge >= 0.3 is 0 Å². The number of aliphatic hydroxyl groups excluding tert-OH is 1. The molecule has 0 saturated carbocycles. The fraction of sp³-hybridized carbons (Fsp3) is 0.500. The molecule has 1 unspecified atom stereocenters. The quantitative estimate of drug-likeness (QED) is 0.793. The van der Waals surface area contributed by atoms with Gasteiger partial charge in [-0.3, -0.25) is 0 Å². The van der Waals surface area contributed by atoms with E-state index in [0.717, 1.165) is 16.6 Å². The van der Waals surface area contributed by atoms with Gasteiger partial charge in [0.2, 0.25) is 0 Å². The summed E-state index contributed by atoms with van der Waals surface area (Å²) in [6.45, 7) is 2.21. The van der Waals surface area contributed by atoms with Gasteiger partial charge in [0.15, 0.2) is 0 Å². The van der Waals surface area contributed by atoms with Gasteiger partial charge in [-0.25, -0.2) is 0 Å². The molecule has 0 bridgehead atoms. The van der Waals surface area contributed by atoms with Crippen LogP contribution in [0.1, 0.15) is 13.3 Å². The van der Waals surface area contributed by atoms with E-state index in [9.17, 15) is 5.11 Å². The smallest absolute Gasteiger partial charge is 0.0610 e. The number of thioether (sulfide) groups is 1. The minimum absolute atomic E-state index is 0.164. The van der Waals surface area contributed by atoms with Crippen molar-refractivity contribution in [2.75, 3.05) is 19.4 Å². The van der Waals surface area contributed by atoms with Gasteiger partial charge in [-0.2, -0.15) is 0 Å². The fourth-order valence-electron chi connectivity index (χ4n) is 1.21. The van der Waals surface area contributed by atoms with Crippen LogP contribution in [0.15, 0.2) is 33.6 Å². The number of hydrogen-bond acceptors (Lipinski definition) is 3. The third kappa shape index (κ3) is 4.45. The molecular formula is C12H18BrNOS. The molecule has 1 aromatic carbocycles. The molecular weight excluding hydrogens is 286 g/mol. The zero-order chi connectivity index (χ0) is 12.0. The Balaban J connectivity index is 2.38. The zero-order valence-electron chi connectivity index (χ0n) is 9.66. The standard InChI is InChI=1S/C12H18BrNOS/c1-12(9-15,14-2)7-8-16-11-5-3-10(13)4-6-11/h3-6,14-15H,7-9H2,1-2H3. The zero-order valence-corrected chi connectivity index (χ0v) is 12.1. The lowest BCUT2D eigenvalue weighted by atomic mass is 10.0. The van der Waals surface area contributed by atoms with Crippen LogP contribution < -0.4 is 5.32 Å². The van der Waals surface area contributed by atoms with Gasteiger partial charge in [-0.05, 0) is 50.4 Å². The summed E-state index contributed by atoms with van der Waals surface area (Å²) in [6, 6.07) is 8.30. The van der Waals surface area contributed by atoms with E-state index in [1.165, 1.54) is 4.90 Å². The Bertz CT molecular complexity index is 311. The summed E-state index contributed by atoms with van der Waals surface area (Å²) in [6.07, 6.45) is 0.945. The van der Waals surface area contributed by atoms with Crippen molar-refractivity contribution in [1.29, 1.82) is 0 Å². The third-order valence-corrected chi connectivity index (χ3v) is 4.23. The van der Waals surface area contributed by atoms with Crippen LogP contribution in [0.3, 0.4) is 0 Å². The molecule has 0 fully saturated rings. The van der Waals surface area contributed by atoms with Gasteiger partial charge in [0.25, 0.3) is 0 Å². The van der Waals surface area contributed by atoms with Crippen molar-refractivity contribution in [3.8, 4) is 0 Å². The Hall–Kier alpha value is -0.0300. The number of likely N-dealkylation sites (N-methyl/N-ethyl adjacent to an activating group) is 1. The number of aliphatic hydroxyl groups is 1. The van der Waals surface area contributed by atoms with Crippen LogP contribution in [-0.2, 0) is 0 Å². The van der Waals surface area contributed by atoms with E-state index in [2.05, 4.69) is 33.4 Å². The molecule has 0 radical (unpaired) electrons. The molecule has 0 aliphatic rings. The molecule has 2 nitrogen and oxygen atoms in total. The molecule has 1 aromatic rings. The lowest BCUT2D eigenvalue weighted by Gasteiger charge is -2.26. The first-order chi connectivity index (χ1) is 7.59. The lowest BCUT2D eigenvalue weighted by molar-refractivity contribution is 0.179. The molecule has 0 aromatic heterocycles. The van der Waals surface area contributed by atoms with E-state index in [0.29, 0.717) is 0 Å². The first-order valence-corrected chi connectivity index (χ1v) is 7.06. The Labute approximate surface area is 110 Å². The topological polar surface area (TPSA) is 32.3 Å². The minimum atomic E-state index is -0.164. The second-order valence-electron chi connectivity index (χ2n) is 4.02. The lowest BCUT2D eigenvalue weighted by Crippen LogP contribution is -2.43. The Morgan fingerprint density at radius 2 is 2.00 bits per heavy atom. The van der Waals surface area contributed by atoms with E-state index in [1.807, 2.05) is 37.9 Å². The van der Waals surface area contributed by atoms with Crippen LogP contribution in [-0.4, -0.2) is 30.1 Å². The molecule has 0 saturated heterocycles. The van der Waals surface area contributed by atoms with Crippen LogP contribution in [0, 0.1) is 0 Å². The average Bonchev–Trinajstić information content (AvgIpc) is 2.31.